The maximum Gasteiger partial charge on any atom is 0.133 e. The summed E-state index contributed by atoms with van der Waals surface area (Å²) >= 11 is 0. The molecule has 0 N–H and O–H groups in total. The molecule has 86 valence electrons. The number of fused-ring (bicyclic) bond motifs is 1. The first-order valence-corrected chi connectivity index (χ1v) is 6.66. The third kappa shape index (κ3) is 2.26. The van der Waals surface area contributed by atoms with Gasteiger partial charge in [-0.15, -0.1) is 0 Å². The van der Waals surface area contributed by atoms with Crippen LogP contribution in [0.1, 0.15) is 65.2 Å². The van der Waals surface area contributed by atoms with Crippen molar-refractivity contribution in [2.75, 3.05) is 0 Å². The van der Waals surface area contributed by atoms with Gasteiger partial charge in [0.2, 0.25) is 0 Å². The van der Waals surface area contributed by atoms with E-state index in [9.17, 15) is 4.79 Å². The summed E-state index contributed by atoms with van der Waals surface area (Å²) in [5, 5.41) is 0. The molecule has 0 amide bonds. The zero-order chi connectivity index (χ0) is 10.9. The molecule has 0 heterocycles. The number of rotatable bonds is 1. The fourth-order valence-electron chi connectivity index (χ4n) is 3.73. The lowest BCUT2D eigenvalue weighted by Gasteiger charge is -2.41. The van der Waals surface area contributed by atoms with Crippen LogP contribution in [0.4, 0.5) is 0 Å². The minimum absolute atomic E-state index is 0.491. The summed E-state index contributed by atoms with van der Waals surface area (Å²) in [5.74, 6) is 2.15. The Morgan fingerprint density at radius 1 is 1.40 bits per heavy atom. The van der Waals surface area contributed by atoms with Gasteiger partial charge in [0, 0.05) is 12.8 Å². The Kier molecular flexibility index (Phi) is 3.18. The number of Topliss-reactive ketones (excluding diaryl/α,β-unsaturated/α-hetero) is 1. The number of carbonyl (C=O) groups is 1. The molecule has 15 heavy (non-hydrogen) atoms. The van der Waals surface area contributed by atoms with Gasteiger partial charge in [0.05, 0.1) is 0 Å². The van der Waals surface area contributed by atoms with Crippen molar-refractivity contribution >= 4 is 5.78 Å². The third-order valence-electron chi connectivity index (χ3n) is 4.93. The van der Waals surface area contributed by atoms with Crippen LogP contribution in [-0.2, 0) is 4.79 Å². The van der Waals surface area contributed by atoms with Crippen molar-refractivity contribution in [1.29, 1.82) is 0 Å². The Labute approximate surface area is 93.6 Å². The van der Waals surface area contributed by atoms with Crippen LogP contribution >= 0.6 is 0 Å². The maximum atomic E-state index is 11.5. The van der Waals surface area contributed by atoms with E-state index in [-0.39, 0.29) is 0 Å². The summed E-state index contributed by atoms with van der Waals surface area (Å²) in [6, 6.07) is 0. The van der Waals surface area contributed by atoms with Crippen molar-refractivity contribution in [3.8, 4) is 0 Å². The van der Waals surface area contributed by atoms with Gasteiger partial charge in [-0.05, 0) is 36.5 Å². The fourth-order valence-corrected chi connectivity index (χ4v) is 3.73. The van der Waals surface area contributed by atoms with Gasteiger partial charge in [-0.25, -0.2) is 0 Å². The lowest BCUT2D eigenvalue weighted by molar-refractivity contribution is -0.125. The molecule has 1 nitrogen and oxygen atoms in total. The van der Waals surface area contributed by atoms with Crippen LogP contribution < -0.4 is 0 Å². The van der Waals surface area contributed by atoms with E-state index in [1.807, 2.05) is 0 Å². The summed E-state index contributed by atoms with van der Waals surface area (Å²) in [7, 11) is 0. The van der Waals surface area contributed by atoms with E-state index in [2.05, 4.69) is 13.8 Å². The maximum absolute atomic E-state index is 11.5. The minimum Gasteiger partial charge on any atom is -0.300 e. The van der Waals surface area contributed by atoms with Crippen molar-refractivity contribution in [1.82, 2.24) is 0 Å². The van der Waals surface area contributed by atoms with Gasteiger partial charge in [-0.2, -0.15) is 0 Å². The molecule has 0 aromatic carbocycles. The van der Waals surface area contributed by atoms with Crippen molar-refractivity contribution in [2.45, 2.75) is 65.2 Å². The quantitative estimate of drug-likeness (QED) is 0.637. The predicted octanol–water partition coefficient (Wildman–Crippen LogP) is 3.96. The van der Waals surface area contributed by atoms with Crippen LogP contribution in [-0.4, -0.2) is 5.78 Å². The van der Waals surface area contributed by atoms with Crippen molar-refractivity contribution < 1.29 is 4.79 Å². The highest BCUT2D eigenvalue weighted by Gasteiger charge is 2.41. The zero-order valence-corrected chi connectivity index (χ0v) is 10.2. The summed E-state index contributed by atoms with van der Waals surface area (Å²) in [4.78, 5) is 11.5. The van der Waals surface area contributed by atoms with Crippen LogP contribution in [0.3, 0.4) is 0 Å². The van der Waals surface area contributed by atoms with Crippen molar-refractivity contribution in [2.24, 2.45) is 17.3 Å². The summed E-state index contributed by atoms with van der Waals surface area (Å²) in [6.45, 7) is 4.76. The van der Waals surface area contributed by atoms with E-state index in [0.717, 1.165) is 25.2 Å². The predicted molar refractivity (Wildman–Crippen MR) is 62.7 cm³/mol. The third-order valence-corrected chi connectivity index (χ3v) is 4.93. The van der Waals surface area contributed by atoms with E-state index >= 15 is 0 Å². The van der Waals surface area contributed by atoms with Crippen molar-refractivity contribution in [3.05, 3.63) is 0 Å². The number of carbonyl (C=O) groups excluding carboxylic acids is 1. The molecule has 0 spiro atoms. The normalized spacial score (nSPS) is 42.1. The molecule has 0 radical (unpaired) electrons. The summed E-state index contributed by atoms with van der Waals surface area (Å²) in [6.07, 6.45) is 9.66. The first kappa shape index (κ1) is 11.2. The van der Waals surface area contributed by atoms with E-state index < -0.39 is 0 Å². The van der Waals surface area contributed by atoms with E-state index in [1.54, 1.807) is 0 Å². The summed E-state index contributed by atoms with van der Waals surface area (Å²) in [5.41, 5.74) is 0.491. The lowest BCUT2D eigenvalue weighted by atomic mass is 9.63. The first-order chi connectivity index (χ1) is 7.14. The molecule has 3 atom stereocenters. The number of hydrogen-bond donors (Lipinski definition) is 0. The molecule has 0 aromatic rings. The molecular formula is C14H24O. The monoisotopic (exact) mass is 208 g/mol. The van der Waals surface area contributed by atoms with E-state index in [0.29, 0.717) is 17.1 Å². The smallest absolute Gasteiger partial charge is 0.133 e. The zero-order valence-electron chi connectivity index (χ0n) is 10.2. The minimum atomic E-state index is 0.491. The number of hydrogen-bond acceptors (Lipinski definition) is 1. The highest BCUT2D eigenvalue weighted by atomic mass is 16.1. The molecular weight excluding hydrogens is 184 g/mol. The fraction of sp³-hybridized carbons (Fsp3) is 0.929. The largest absolute Gasteiger partial charge is 0.300 e. The topological polar surface area (TPSA) is 17.1 Å². The SMILES string of the molecule is CCC1CCCC2CC(=O)CCC2(C)C1. The van der Waals surface area contributed by atoms with Gasteiger partial charge in [-0.1, -0.05) is 33.1 Å². The molecule has 0 aromatic heterocycles. The van der Waals surface area contributed by atoms with E-state index in [4.69, 9.17) is 0 Å². The van der Waals surface area contributed by atoms with Gasteiger partial charge in [0.25, 0.3) is 0 Å². The molecule has 1 heteroatoms. The Hall–Kier alpha value is -0.330. The van der Waals surface area contributed by atoms with Crippen LogP contribution in [0.2, 0.25) is 0 Å². The van der Waals surface area contributed by atoms with Crippen LogP contribution in [0.5, 0.6) is 0 Å². The Balaban J connectivity index is 2.11. The second-order valence-electron chi connectivity index (χ2n) is 6.00. The molecule has 2 aliphatic carbocycles. The highest BCUT2D eigenvalue weighted by Crippen LogP contribution is 2.49. The number of ketones is 1. The first-order valence-electron chi connectivity index (χ1n) is 6.66. The van der Waals surface area contributed by atoms with Crippen molar-refractivity contribution in [3.63, 3.8) is 0 Å². The van der Waals surface area contributed by atoms with Gasteiger partial charge >= 0.3 is 0 Å². The second kappa shape index (κ2) is 4.27. The molecule has 2 saturated carbocycles. The Morgan fingerprint density at radius 2 is 2.20 bits per heavy atom. The van der Waals surface area contributed by atoms with E-state index in [1.165, 1.54) is 32.1 Å². The van der Waals surface area contributed by atoms with Gasteiger partial charge in [-0.3, -0.25) is 4.79 Å². The molecule has 2 fully saturated rings. The van der Waals surface area contributed by atoms with Gasteiger partial charge in [0.1, 0.15) is 5.78 Å². The lowest BCUT2D eigenvalue weighted by Crippen LogP contribution is -2.34. The van der Waals surface area contributed by atoms with Gasteiger partial charge in [0.15, 0.2) is 0 Å². The molecule has 2 aliphatic rings. The second-order valence-corrected chi connectivity index (χ2v) is 6.00. The molecule has 3 unspecified atom stereocenters. The Morgan fingerprint density at radius 3 is 2.93 bits per heavy atom. The average molecular weight is 208 g/mol. The Bertz CT molecular complexity index is 246. The van der Waals surface area contributed by atoms with Gasteiger partial charge < -0.3 is 0 Å². The van der Waals surface area contributed by atoms with Crippen LogP contribution in [0, 0.1) is 17.3 Å². The molecule has 0 aliphatic heterocycles. The molecule has 0 saturated heterocycles. The van der Waals surface area contributed by atoms with Crippen LogP contribution in [0.25, 0.3) is 0 Å². The van der Waals surface area contributed by atoms with Crippen LogP contribution in [0.15, 0.2) is 0 Å². The standard InChI is InChI=1S/C14H24O/c1-3-11-5-4-6-12-9-13(15)7-8-14(12,2)10-11/h11-12H,3-10H2,1-2H3. The highest BCUT2D eigenvalue weighted by molar-refractivity contribution is 5.79. The average Bonchev–Trinajstić information content (AvgIpc) is 2.37. The summed E-state index contributed by atoms with van der Waals surface area (Å²) < 4.78 is 0. The molecule has 2 rings (SSSR count). The molecule has 0 bridgehead atoms.